The maximum absolute atomic E-state index is 11.6. The fraction of sp³-hybridized carbons (Fsp3) is 0.500. The quantitative estimate of drug-likeness (QED) is 0.830. The second kappa shape index (κ2) is 5.50. The third-order valence-corrected chi connectivity index (χ3v) is 3.44. The van der Waals surface area contributed by atoms with Crippen LogP contribution in [0.4, 0.5) is 5.82 Å². The van der Waals surface area contributed by atoms with E-state index in [1.165, 1.54) is 0 Å². The fourth-order valence-electron chi connectivity index (χ4n) is 1.07. The number of aromatic nitrogens is 1. The van der Waals surface area contributed by atoms with Crippen molar-refractivity contribution in [2.75, 3.05) is 10.5 Å². The molecule has 0 saturated heterocycles. The van der Waals surface area contributed by atoms with E-state index in [-0.39, 0.29) is 16.7 Å². The Morgan fingerprint density at radius 3 is 2.69 bits per heavy atom. The largest absolute Gasteiger partial charge is 0.267 e. The van der Waals surface area contributed by atoms with Crippen molar-refractivity contribution in [3.8, 4) is 0 Å². The Balaban J connectivity index is 2.66. The van der Waals surface area contributed by atoms with E-state index in [4.69, 9.17) is 11.6 Å². The molecule has 1 aromatic heterocycles. The van der Waals surface area contributed by atoms with E-state index < -0.39 is 10.0 Å². The summed E-state index contributed by atoms with van der Waals surface area (Å²) in [6, 6.07) is 4.81. The number of halogens is 1. The van der Waals surface area contributed by atoms with Crippen molar-refractivity contribution in [2.45, 2.75) is 20.3 Å². The van der Waals surface area contributed by atoms with Gasteiger partial charge in [-0.25, -0.2) is 13.4 Å². The zero-order valence-electron chi connectivity index (χ0n) is 9.27. The third-order valence-electron chi connectivity index (χ3n) is 1.94. The predicted octanol–water partition coefficient (Wildman–Crippen LogP) is 2.52. The smallest absolute Gasteiger partial charge is 0.233 e. The molecule has 0 bridgehead atoms. The SMILES string of the molecule is CC(C)CCS(=O)(=O)Nc1cccc(Cl)n1. The lowest BCUT2D eigenvalue weighted by Crippen LogP contribution is -2.18. The molecule has 1 heterocycles. The number of anilines is 1. The van der Waals surface area contributed by atoms with Crippen LogP contribution in [0.15, 0.2) is 18.2 Å². The van der Waals surface area contributed by atoms with Gasteiger partial charge in [-0.3, -0.25) is 4.72 Å². The predicted molar refractivity (Wildman–Crippen MR) is 66.1 cm³/mol. The molecular formula is C10H15ClN2O2S. The molecule has 0 spiro atoms. The monoisotopic (exact) mass is 262 g/mol. The summed E-state index contributed by atoms with van der Waals surface area (Å²) in [5, 5.41) is 0.268. The van der Waals surface area contributed by atoms with Crippen LogP contribution < -0.4 is 4.72 Å². The molecule has 6 heteroatoms. The van der Waals surface area contributed by atoms with Crippen molar-refractivity contribution >= 4 is 27.4 Å². The van der Waals surface area contributed by atoms with E-state index >= 15 is 0 Å². The third kappa shape index (κ3) is 4.81. The number of nitrogens with one attached hydrogen (secondary N) is 1. The summed E-state index contributed by atoms with van der Waals surface area (Å²) >= 11 is 5.66. The number of rotatable bonds is 5. The topological polar surface area (TPSA) is 59.1 Å². The highest BCUT2D eigenvalue weighted by Gasteiger charge is 2.11. The van der Waals surface area contributed by atoms with Gasteiger partial charge in [-0.05, 0) is 24.5 Å². The first-order chi connectivity index (χ1) is 7.39. The van der Waals surface area contributed by atoms with Crippen molar-refractivity contribution in [3.63, 3.8) is 0 Å². The van der Waals surface area contributed by atoms with Gasteiger partial charge < -0.3 is 0 Å². The lowest BCUT2D eigenvalue weighted by molar-refractivity contribution is 0.578. The standard InChI is InChI=1S/C10H15ClN2O2S/c1-8(2)6-7-16(14,15)13-10-5-3-4-9(11)12-10/h3-5,8H,6-7H2,1-2H3,(H,12,13). The molecular weight excluding hydrogens is 248 g/mol. The molecule has 0 unspecified atom stereocenters. The highest BCUT2D eigenvalue weighted by atomic mass is 35.5. The minimum absolute atomic E-state index is 0.0961. The zero-order valence-corrected chi connectivity index (χ0v) is 10.8. The summed E-state index contributed by atoms with van der Waals surface area (Å²) in [6.07, 6.45) is 0.621. The average Bonchev–Trinajstić information content (AvgIpc) is 2.14. The highest BCUT2D eigenvalue weighted by Crippen LogP contribution is 2.12. The summed E-state index contributed by atoms with van der Waals surface area (Å²) in [5.41, 5.74) is 0. The molecule has 90 valence electrons. The number of hydrogen-bond acceptors (Lipinski definition) is 3. The summed E-state index contributed by atoms with van der Waals surface area (Å²) in [5.74, 6) is 0.707. The first kappa shape index (κ1) is 13.3. The summed E-state index contributed by atoms with van der Waals surface area (Å²) in [6.45, 7) is 3.96. The van der Waals surface area contributed by atoms with Crippen LogP contribution in [-0.4, -0.2) is 19.2 Å². The first-order valence-corrected chi connectivity index (χ1v) is 7.05. The lowest BCUT2D eigenvalue weighted by atomic mass is 10.2. The Bertz CT molecular complexity index is 446. The van der Waals surface area contributed by atoms with Gasteiger partial charge in [0.15, 0.2) is 0 Å². The Kier molecular flexibility index (Phi) is 4.56. The van der Waals surface area contributed by atoms with E-state index in [9.17, 15) is 8.42 Å². The lowest BCUT2D eigenvalue weighted by Gasteiger charge is -2.08. The minimum atomic E-state index is -3.32. The molecule has 1 N–H and O–H groups in total. The maximum Gasteiger partial charge on any atom is 0.233 e. The zero-order chi connectivity index (χ0) is 12.2. The molecule has 4 nitrogen and oxygen atoms in total. The van der Waals surface area contributed by atoms with Crippen molar-refractivity contribution in [2.24, 2.45) is 5.92 Å². The molecule has 0 radical (unpaired) electrons. The van der Waals surface area contributed by atoms with Crippen molar-refractivity contribution in [3.05, 3.63) is 23.4 Å². The number of nitrogens with zero attached hydrogens (tertiary/aromatic N) is 1. The van der Waals surface area contributed by atoms with Gasteiger partial charge in [0.2, 0.25) is 10.0 Å². The molecule has 0 fully saturated rings. The van der Waals surface area contributed by atoms with Gasteiger partial charge in [0, 0.05) is 0 Å². The molecule has 16 heavy (non-hydrogen) atoms. The molecule has 0 amide bonds. The van der Waals surface area contributed by atoms with Crippen LogP contribution in [0.1, 0.15) is 20.3 Å². The van der Waals surface area contributed by atoms with E-state index in [1.54, 1.807) is 18.2 Å². The number of hydrogen-bond donors (Lipinski definition) is 1. The van der Waals surface area contributed by atoms with E-state index in [2.05, 4.69) is 9.71 Å². The number of pyridine rings is 1. The van der Waals surface area contributed by atoms with E-state index in [1.807, 2.05) is 13.8 Å². The normalized spacial score (nSPS) is 11.8. The average molecular weight is 263 g/mol. The van der Waals surface area contributed by atoms with Gasteiger partial charge in [0.05, 0.1) is 5.75 Å². The Hall–Kier alpha value is -0.810. The molecule has 0 aliphatic heterocycles. The summed E-state index contributed by atoms with van der Waals surface area (Å²) in [7, 11) is -3.32. The minimum Gasteiger partial charge on any atom is -0.267 e. The van der Waals surface area contributed by atoms with Crippen molar-refractivity contribution in [1.82, 2.24) is 4.98 Å². The van der Waals surface area contributed by atoms with Crippen LogP contribution in [0.3, 0.4) is 0 Å². The van der Waals surface area contributed by atoms with Gasteiger partial charge in [0.25, 0.3) is 0 Å². The molecule has 0 aliphatic rings. The van der Waals surface area contributed by atoms with Crippen LogP contribution in [0.2, 0.25) is 5.15 Å². The van der Waals surface area contributed by atoms with E-state index in [0.717, 1.165) is 0 Å². The molecule has 1 rings (SSSR count). The van der Waals surface area contributed by atoms with Crippen molar-refractivity contribution in [1.29, 1.82) is 0 Å². The summed E-state index contributed by atoms with van der Waals surface area (Å²) in [4.78, 5) is 3.86. The molecule has 0 saturated carbocycles. The molecule has 0 aromatic carbocycles. The van der Waals surface area contributed by atoms with Gasteiger partial charge >= 0.3 is 0 Å². The first-order valence-electron chi connectivity index (χ1n) is 5.02. The molecule has 0 atom stereocenters. The van der Waals surface area contributed by atoms with Crippen LogP contribution >= 0.6 is 11.6 Å². The Morgan fingerprint density at radius 1 is 1.44 bits per heavy atom. The fourth-order valence-corrected chi connectivity index (χ4v) is 2.55. The van der Waals surface area contributed by atoms with Crippen LogP contribution in [0, 0.1) is 5.92 Å². The van der Waals surface area contributed by atoms with E-state index in [0.29, 0.717) is 12.3 Å². The second-order valence-electron chi connectivity index (χ2n) is 3.95. The highest BCUT2D eigenvalue weighted by molar-refractivity contribution is 7.92. The van der Waals surface area contributed by atoms with Crippen molar-refractivity contribution < 1.29 is 8.42 Å². The summed E-state index contributed by atoms with van der Waals surface area (Å²) < 4.78 is 25.6. The van der Waals surface area contributed by atoms with Crippen LogP contribution in [0.5, 0.6) is 0 Å². The molecule has 1 aromatic rings. The van der Waals surface area contributed by atoms with Gasteiger partial charge in [-0.2, -0.15) is 0 Å². The Labute approximate surface area is 101 Å². The number of sulfonamides is 1. The molecule has 0 aliphatic carbocycles. The van der Waals surface area contributed by atoms with Crippen LogP contribution in [0.25, 0.3) is 0 Å². The van der Waals surface area contributed by atoms with Gasteiger partial charge in [-0.1, -0.05) is 31.5 Å². The Morgan fingerprint density at radius 2 is 2.12 bits per heavy atom. The second-order valence-corrected chi connectivity index (χ2v) is 6.18. The van der Waals surface area contributed by atoms with Crippen LogP contribution in [-0.2, 0) is 10.0 Å². The van der Waals surface area contributed by atoms with Gasteiger partial charge in [0.1, 0.15) is 11.0 Å². The maximum atomic E-state index is 11.6. The van der Waals surface area contributed by atoms with Gasteiger partial charge in [-0.15, -0.1) is 0 Å².